The number of nitrogens with one attached hydrogen (secondary N) is 2. The van der Waals surface area contributed by atoms with Crippen molar-refractivity contribution in [3.63, 3.8) is 0 Å². The summed E-state index contributed by atoms with van der Waals surface area (Å²) in [6, 6.07) is -0.793. The number of carbonyl (C=O) groups is 3. The molecule has 4 amide bonds. The van der Waals surface area contributed by atoms with Gasteiger partial charge in [-0.2, -0.15) is 0 Å². The summed E-state index contributed by atoms with van der Waals surface area (Å²) in [5.74, 6) is -1.49. The van der Waals surface area contributed by atoms with E-state index in [2.05, 4.69) is 17.2 Å². The van der Waals surface area contributed by atoms with Crippen LogP contribution in [0.2, 0.25) is 0 Å². The highest BCUT2D eigenvalue weighted by atomic mass is 16.3. The minimum Gasteiger partial charge on any atom is -0.396 e. The Morgan fingerprint density at radius 2 is 1.89 bits per heavy atom. The summed E-state index contributed by atoms with van der Waals surface area (Å²) in [7, 11) is 0. The van der Waals surface area contributed by atoms with Gasteiger partial charge >= 0.3 is 6.03 Å². The lowest BCUT2D eigenvalue weighted by Gasteiger charge is -2.37. The zero-order valence-electron chi connectivity index (χ0n) is 10.4. The van der Waals surface area contributed by atoms with Crippen molar-refractivity contribution in [3.8, 4) is 0 Å². The number of allylic oxidation sites excluding steroid dienone is 1. The molecule has 0 aromatic heterocycles. The molecule has 1 atom stereocenters. The average Bonchev–Trinajstić information content (AvgIpc) is 2.30. The van der Waals surface area contributed by atoms with Gasteiger partial charge in [0.05, 0.1) is 0 Å². The van der Waals surface area contributed by atoms with E-state index in [-0.39, 0.29) is 18.9 Å². The first-order valence-electron chi connectivity index (χ1n) is 5.87. The standard InChI is InChI=1S/C12H18N2O4/c1-3-6-12(8(2)5-4-7-15)9(16)13-11(18)14-10(12)17/h3,8,15H,1,4-7H2,2H3,(H2,13,14,16,17,18). The van der Waals surface area contributed by atoms with Crippen molar-refractivity contribution in [1.29, 1.82) is 0 Å². The van der Waals surface area contributed by atoms with Crippen LogP contribution in [0.5, 0.6) is 0 Å². The van der Waals surface area contributed by atoms with Crippen LogP contribution in [-0.4, -0.2) is 29.6 Å². The molecule has 100 valence electrons. The molecule has 1 fully saturated rings. The van der Waals surface area contributed by atoms with Crippen molar-refractivity contribution in [2.24, 2.45) is 11.3 Å². The van der Waals surface area contributed by atoms with Crippen LogP contribution in [0.25, 0.3) is 0 Å². The molecule has 1 saturated heterocycles. The molecule has 0 aliphatic carbocycles. The molecule has 0 saturated carbocycles. The lowest BCUT2D eigenvalue weighted by Crippen LogP contribution is -2.64. The Morgan fingerprint density at radius 3 is 2.33 bits per heavy atom. The largest absolute Gasteiger partial charge is 0.396 e. The van der Waals surface area contributed by atoms with Crippen LogP contribution >= 0.6 is 0 Å². The van der Waals surface area contributed by atoms with Gasteiger partial charge in [0.1, 0.15) is 5.41 Å². The van der Waals surface area contributed by atoms with Gasteiger partial charge < -0.3 is 5.11 Å². The number of rotatable bonds is 6. The maximum absolute atomic E-state index is 12.0. The van der Waals surface area contributed by atoms with Gasteiger partial charge in [-0.15, -0.1) is 6.58 Å². The van der Waals surface area contributed by atoms with Gasteiger partial charge in [0, 0.05) is 6.61 Å². The molecule has 0 aromatic rings. The zero-order valence-corrected chi connectivity index (χ0v) is 10.4. The molecular formula is C12H18N2O4. The highest BCUT2D eigenvalue weighted by molar-refractivity contribution is 6.19. The van der Waals surface area contributed by atoms with Gasteiger partial charge in [-0.25, -0.2) is 4.79 Å². The van der Waals surface area contributed by atoms with Crippen LogP contribution in [-0.2, 0) is 9.59 Å². The third kappa shape index (κ3) is 2.43. The summed E-state index contributed by atoms with van der Waals surface area (Å²) in [6.07, 6.45) is 2.66. The van der Waals surface area contributed by atoms with Crippen molar-refractivity contribution in [3.05, 3.63) is 12.7 Å². The Bertz CT molecular complexity index is 358. The normalized spacial score (nSPS) is 20.0. The smallest absolute Gasteiger partial charge is 0.328 e. The second-order valence-electron chi connectivity index (χ2n) is 4.47. The summed E-state index contributed by atoms with van der Waals surface area (Å²) >= 11 is 0. The van der Waals surface area contributed by atoms with Crippen LogP contribution in [0.4, 0.5) is 4.79 Å². The molecule has 1 aliphatic heterocycles. The first-order valence-corrected chi connectivity index (χ1v) is 5.87. The molecule has 0 spiro atoms. The molecule has 0 radical (unpaired) electrons. The van der Waals surface area contributed by atoms with E-state index < -0.39 is 23.3 Å². The molecular weight excluding hydrogens is 236 g/mol. The first kappa shape index (κ1) is 14.4. The van der Waals surface area contributed by atoms with E-state index in [1.54, 1.807) is 6.92 Å². The molecule has 6 nitrogen and oxygen atoms in total. The number of hydrogen-bond donors (Lipinski definition) is 3. The zero-order chi connectivity index (χ0) is 13.8. The van der Waals surface area contributed by atoms with Gasteiger partial charge in [0.15, 0.2) is 0 Å². The van der Waals surface area contributed by atoms with Crippen LogP contribution in [0, 0.1) is 11.3 Å². The first-order chi connectivity index (χ1) is 8.48. The maximum atomic E-state index is 12.0. The van der Waals surface area contributed by atoms with E-state index in [4.69, 9.17) is 5.11 Å². The number of amides is 4. The molecule has 1 heterocycles. The Labute approximate surface area is 105 Å². The molecule has 1 unspecified atom stereocenters. The monoisotopic (exact) mass is 254 g/mol. The number of aliphatic hydroxyl groups is 1. The SMILES string of the molecule is C=CCC1(C(C)CCCO)C(=O)NC(=O)NC1=O. The fraction of sp³-hybridized carbons (Fsp3) is 0.583. The van der Waals surface area contributed by atoms with Crippen molar-refractivity contribution in [2.45, 2.75) is 26.2 Å². The van der Waals surface area contributed by atoms with Crippen LogP contribution in [0.1, 0.15) is 26.2 Å². The third-order valence-electron chi connectivity index (χ3n) is 3.37. The van der Waals surface area contributed by atoms with Crippen molar-refractivity contribution in [2.75, 3.05) is 6.61 Å². The Morgan fingerprint density at radius 1 is 1.33 bits per heavy atom. The third-order valence-corrected chi connectivity index (χ3v) is 3.37. The molecule has 1 rings (SSSR count). The summed E-state index contributed by atoms with van der Waals surface area (Å²) in [6.45, 7) is 5.31. The fourth-order valence-electron chi connectivity index (χ4n) is 2.27. The summed E-state index contributed by atoms with van der Waals surface area (Å²) in [5.41, 5.74) is -1.31. The molecule has 0 bridgehead atoms. The van der Waals surface area contributed by atoms with E-state index in [0.717, 1.165) is 0 Å². The highest BCUT2D eigenvalue weighted by Gasteiger charge is 2.52. The summed E-state index contributed by atoms with van der Waals surface area (Å²) < 4.78 is 0. The minimum absolute atomic E-state index is 0.00330. The van der Waals surface area contributed by atoms with Gasteiger partial charge in [-0.3, -0.25) is 20.2 Å². The molecule has 18 heavy (non-hydrogen) atoms. The van der Waals surface area contributed by atoms with Crippen LogP contribution in [0.15, 0.2) is 12.7 Å². The molecule has 6 heteroatoms. The van der Waals surface area contributed by atoms with Crippen LogP contribution in [0.3, 0.4) is 0 Å². The number of imide groups is 2. The number of carbonyl (C=O) groups excluding carboxylic acids is 3. The Hall–Kier alpha value is -1.69. The molecule has 1 aliphatic rings. The van der Waals surface area contributed by atoms with Crippen molar-refractivity contribution < 1.29 is 19.5 Å². The second kappa shape index (κ2) is 5.77. The predicted octanol–water partition coefficient (Wildman–Crippen LogP) is 0.324. The van der Waals surface area contributed by atoms with E-state index in [1.807, 2.05) is 0 Å². The lowest BCUT2D eigenvalue weighted by atomic mass is 9.69. The average molecular weight is 254 g/mol. The summed E-state index contributed by atoms with van der Waals surface area (Å²) in [5, 5.41) is 13.1. The fourth-order valence-corrected chi connectivity index (χ4v) is 2.27. The van der Waals surface area contributed by atoms with Gasteiger partial charge in [-0.1, -0.05) is 13.0 Å². The quantitative estimate of drug-likeness (QED) is 0.470. The minimum atomic E-state index is -1.31. The van der Waals surface area contributed by atoms with E-state index >= 15 is 0 Å². The van der Waals surface area contributed by atoms with Crippen molar-refractivity contribution >= 4 is 17.8 Å². The number of hydrogen-bond acceptors (Lipinski definition) is 4. The van der Waals surface area contributed by atoms with Gasteiger partial charge in [-0.05, 0) is 25.2 Å². The number of barbiturate groups is 1. The number of aliphatic hydroxyl groups excluding tert-OH is 1. The lowest BCUT2D eigenvalue weighted by molar-refractivity contribution is -0.148. The number of urea groups is 1. The Kier molecular flexibility index (Phi) is 4.61. The molecule has 3 N–H and O–H groups in total. The Balaban J connectivity index is 3.03. The topological polar surface area (TPSA) is 95.5 Å². The molecule has 0 aromatic carbocycles. The van der Waals surface area contributed by atoms with Crippen molar-refractivity contribution in [1.82, 2.24) is 10.6 Å². The predicted molar refractivity (Wildman–Crippen MR) is 64.4 cm³/mol. The van der Waals surface area contributed by atoms with Crippen LogP contribution < -0.4 is 10.6 Å². The highest BCUT2D eigenvalue weighted by Crippen LogP contribution is 2.37. The van der Waals surface area contributed by atoms with E-state index in [1.165, 1.54) is 6.08 Å². The van der Waals surface area contributed by atoms with Gasteiger partial charge in [0.2, 0.25) is 11.8 Å². The maximum Gasteiger partial charge on any atom is 0.328 e. The van der Waals surface area contributed by atoms with E-state index in [0.29, 0.717) is 12.8 Å². The van der Waals surface area contributed by atoms with Gasteiger partial charge in [0.25, 0.3) is 0 Å². The second-order valence-corrected chi connectivity index (χ2v) is 4.47. The summed E-state index contributed by atoms with van der Waals surface area (Å²) in [4.78, 5) is 35.1. The van der Waals surface area contributed by atoms with E-state index in [9.17, 15) is 14.4 Å².